The van der Waals surface area contributed by atoms with Crippen LogP contribution in [0, 0.1) is 0 Å². The van der Waals surface area contributed by atoms with Crippen molar-refractivity contribution in [3.8, 4) is 0 Å². The van der Waals surface area contributed by atoms with Crippen LogP contribution >= 0.6 is 0 Å². The van der Waals surface area contributed by atoms with Crippen LogP contribution in [0.5, 0.6) is 0 Å². The molecule has 1 fully saturated rings. The van der Waals surface area contributed by atoms with Crippen LogP contribution in [0.15, 0.2) is 48.7 Å². The molecule has 2 aromatic carbocycles. The number of aryl methyl sites for hydroxylation is 1. The monoisotopic (exact) mass is 384 g/mol. The third-order valence-electron chi connectivity index (χ3n) is 5.18. The lowest BCUT2D eigenvalue weighted by molar-refractivity contribution is 0.574. The second kappa shape index (κ2) is 6.98. The molecule has 0 saturated carbocycles. The fourth-order valence-electron chi connectivity index (χ4n) is 3.57. The zero-order valence-corrected chi connectivity index (χ0v) is 16.4. The van der Waals surface area contributed by atoms with Gasteiger partial charge in [0.2, 0.25) is 10.0 Å². The highest BCUT2D eigenvalue weighted by atomic mass is 32.2. The van der Waals surface area contributed by atoms with Crippen LogP contribution in [0.1, 0.15) is 30.5 Å². The van der Waals surface area contributed by atoms with E-state index < -0.39 is 10.0 Å². The minimum Gasteiger partial charge on any atom is -0.306 e. The van der Waals surface area contributed by atoms with Crippen molar-refractivity contribution in [2.45, 2.75) is 25.9 Å². The van der Waals surface area contributed by atoms with Crippen molar-refractivity contribution in [1.29, 1.82) is 0 Å². The van der Waals surface area contributed by atoms with Gasteiger partial charge in [0.05, 0.1) is 23.2 Å². The highest BCUT2D eigenvalue weighted by Gasteiger charge is 2.28. The van der Waals surface area contributed by atoms with Crippen molar-refractivity contribution in [3.05, 3.63) is 59.8 Å². The number of hydrogen-bond donors (Lipinski definition) is 1. The summed E-state index contributed by atoms with van der Waals surface area (Å²) < 4.78 is 27.7. The molecule has 1 N–H and O–H groups in total. The molecule has 7 heteroatoms. The molecule has 1 aliphatic heterocycles. The molecule has 0 spiro atoms. The molecule has 6 nitrogen and oxygen atoms in total. The molecule has 0 bridgehead atoms. The minimum atomic E-state index is -3.15. The van der Waals surface area contributed by atoms with E-state index in [1.807, 2.05) is 42.2 Å². The average Bonchev–Trinajstić information content (AvgIpc) is 3.21. The highest BCUT2D eigenvalue weighted by Crippen LogP contribution is 2.27. The van der Waals surface area contributed by atoms with Gasteiger partial charge in [0.25, 0.3) is 0 Å². The molecular formula is C20H24N4O2S. The van der Waals surface area contributed by atoms with Crippen molar-refractivity contribution in [1.82, 2.24) is 15.1 Å². The molecule has 142 valence electrons. The van der Waals surface area contributed by atoms with E-state index in [2.05, 4.69) is 35.5 Å². The van der Waals surface area contributed by atoms with Gasteiger partial charge in [-0.05, 0) is 42.7 Å². The topological polar surface area (TPSA) is 67.2 Å². The van der Waals surface area contributed by atoms with E-state index in [4.69, 9.17) is 0 Å². The van der Waals surface area contributed by atoms with Gasteiger partial charge < -0.3 is 5.32 Å². The smallest absolute Gasteiger partial charge is 0.235 e. The number of hydrogen-bond acceptors (Lipinski definition) is 4. The van der Waals surface area contributed by atoms with Crippen LogP contribution in [0.3, 0.4) is 0 Å². The van der Waals surface area contributed by atoms with Crippen LogP contribution in [0.2, 0.25) is 0 Å². The fourth-order valence-corrected chi connectivity index (χ4v) is 5.12. The Labute approximate surface area is 159 Å². The number of aromatic nitrogens is 2. The maximum atomic E-state index is 12.2. The number of nitrogens with zero attached hydrogens (tertiary/aromatic N) is 3. The Balaban J connectivity index is 1.48. The van der Waals surface area contributed by atoms with Crippen LogP contribution in [-0.4, -0.2) is 30.5 Å². The quantitative estimate of drug-likeness (QED) is 0.734. The Morgan fingerprint density at radius 2 is 2.07 bits per heavy atom. The van der Waals surface area contributed by atoms with Gasteiger partial charge in [-0.1, -0.05) is 24.3 Å². The Kier molecular flexibility index (Phi) is 4.65. The molecule has 3 aromatic rings. The van der Waals surface area contributed by atoms with Gasteiger partial charge in [-0.3, -0.25) is 8.99 Å². The first kappa shape index (κ1) is 18.0. The first-order valence-electron chi connectivity index (χ1n) is 9.18. The Morgan fingerprint density at radius 1 is 1.22 bits per heavy atom. The van der Waals surface area contributed by atoms with E-state index in [-0.39, 0.29) is 11.8 Å². The van der Waals surface area contributed by atoms with Crippen LogP contribution in [0.4, 0.5) is 5.69 Å². The second-order valence-corrected chi connectivity index (χ2v) is 9.11. The predicted molar refractivity (Wildman–Crippen MR) is 108 cm³/mol. The lowest BCUT2D eigenvalue weighted by Crippen LogP contribution is -2.25. The summed E-state index contributed by atoms with van der Waals surface area (Å²) in [6.07, 6.45) is 2.56. The summed E-state index contributed by atoms with van der Waals surface area (Å²) in [4.78, 5) is 0. The van der Waals surface area contributed by atoms with Gasteiger partial charge in [-0.15, -0.1) is 0 Å². The molecule has 1 aromatic heterocycles. The van der Waals surface area contributed by atoms with Crippen molar-refractivity contribution >= 4 is 26.6 Å². The van der Waals surface area contributed by atoms with E-state index >= 15 is 0 Å². The maximum Gasteiger partial charge on any atom is 0.235 e. The summed E-state index contributed by atoms with van der Waals surface area (Å²) in [5.41, 5.74) is 4.14. The normalized spacial score (nSPS) is 17.5. The standard InChI is InChI=1S/C20H24N4O2S/c1-15(21-13-16-7-8-18-14-22-23(2)20(18)11-16)17-5-3-6-19(12-17)24-9-4-10-27(24,25)26/h3,5-8,11-12,14-15,21H,4,9-10,13H2,1-2H3. The summed E-state index contributed by atoms with van der Waals surface area (Å²) in [6.45, 7) is 3.40. The summed E-state index contributed by atoms with van der Waals surface area (Å²) in [5.74, 6) is 0.238. The van der Waals surface area contributed by atoms with Gasteiger partial charge in [0.1, 0.15) is 0 Å². The first-order chi connectivity index (χ1) is 12.9. The van der Waals surface area contributed by atoms with E-state index in [9.17, 15) is 8.42 Å². The second-order valence-electron chi connectivity index (χ2n) is 7.10. The largest absolute Gasteiger partial charge is 0.306 e. The molecule has 1 saturated heterocycles. The van der Waals surface area contributed by atoms with Crippen molar-refractivity contribution < 1.29 is 8.42 Å². The molecule has 1 aliphatic rings. The van der Waals surface area contributed by atoms with Crippen LogP contribution in [-0.2, 0) is 23.6 Å². The molecule has 27 heavy (non-hydrogen) atoms. The SMILES string of the molecule is CC(NCc1ccc2cnn(C)c2c1)c1cccc(N2CCCS2(=O)=O)c1. The van der Waals surface area contributed by atoms with Crippen molar-refractivity contribution in [2.24, 2.45) is 7.05 Å². The lowest BCUT2D eigenvalue weighted by Gasteiger charge is -2.20. The Bertz CT molecular complexity index is 1070. The number of anilines is 1. The Hall–Kier alpha value is -2.38. The van der Waals surface area contributed by atoms with E-state index in [0.29, 0.717) is 13.0 Å². The minimum absolute atomic E-state index is 0.109. The van der Waals surface area contributed by atoms with E-state index in [1.54, 1.807) is 0 Å². The van der Waals surface area contributed by atoms with E-state index in [0.717, 1.165) is 28.7 Å². The zero-order chi connectivity index (χ0) is 19.0. The third kappa shape index (κ3) is 3.57. The van der Waals surface area contributed by atoms with Gasteiger partial charge in [-0.2, -0.15) is 5.10 Å². The van der Waals surface area contributed by atoms with E-state index in [1.165, 1.54) is 9.87 Å². The Morgan fingerprint density at radius 3 is 2.85 bits per heavy atom. The van der Waals surface area contributed by atoms with Gasteiger partial charge in [-0.25, -0.2) is 8.42 Å². The molecule has 2 heterocycles. The number of fused-ring (bicyclic) bond motifs is 1. The third-order valence-corrected chi connectivity index (χ3v) is 7.05. The summed E-state index contributed by atoms with van der Waals surface area (Å²) in [6, 6.07) is 14.3. The summed E-state index contributed by atoms with van der Waals surface area (Å²) in [5, 5.41) is 8.95. The fraction of sp³-hybridized carbons (Fsp3) is 0.350. The van der Waals surface area contributed by atoms with Crippen LogP contribution < -0.4 is 9.62 Å². The molecule has 0 radical (unpaired) electrons. The summed E-state index contributed by atoms with van der Waals surface area (Å²) >= 11 is 0. The number of nitrogens with one attached hydrogen (secondary N) is 1. The highest BCUT2D eigenvalue weighted by molar-refractivity contribution is 7.93. The van der Waals surface area contributed by atoms with Gasteiger partial charge in [0, 0.05) is 31.6 Å². The first-order valence-corrected chi connectivity index (χ1v) is 10.8. The molecule has 1 unspecified atom stereocenters. The molecule has 1 atom stereocenters. The summed E-state index contributed by atoms with van der Waals surface area (Å²) in [7, 11) is -1.21. The number of rotatable bonds is 5. The zero-order valence-electron chi connectivity index (χ0n) is 15.6. The molecule has 0 amide bonds. The van der Waals surface area contributed by atoms with Gasteiger partial charge >= 0.3 is 0 Å². The molecular weight excluding hydrogens is 360 g/mol. The number of benzene rings is 2. The van der Waals surface area contributed by atoms with Crippen molar-refractivity contribution in [2.75, 3.05) is 16.6 Å². The molecule has 4 rings (SSSR count). The van der Waals surface area contributed by atoms with Crippen molar-refractivity contribution in [3.63, 3.8) is 0 Å². The average molecular weight is 385 g/mol. The number of sulfonamides is 1. The van der Waals surface area contributed by atoms with Gasteiger partial charge in [0.15, 0.2) is 0 Å². The maximum absolute atomic E-state index is 12.2. The van der Waals surface area contributed by atoms with Crippen LogP contribution in [0.25, 0.3) is 10.9 Å². The molecule has 0 aliphatic carbocycles. The predicted octanol–water partition coefficient (Wildman–Crippen LogP) is 2.96. The lowest BCUT2D eigenvalue weighted by atomic mass is 10.1.